The van der Waals surface area contributed by atoms with Crippen LogP contribution in [0.2, 0.25) is 0 Å². The first-order valence-corrected chi connectivity index (χ1v) is 6.82. The summed E-state index contributed by atoms with van der Waals surface area (Å²) in [6, 6.07) is 5.33. The van der Waals surface area contributed by atoms with Gasteiger partial charge in [-0.05, 0) is 55.7 Å². The zero-order valence-corrected chi connectivity index (χ0v) is 11.2. The first kappa shape index (κ1) is 12.6. The van der Waals surface area contributed by atoms with Crippen LogP contribution < -0.4 is 5.32 Å². The molecule has 17 heavy (non-hydrogen) atoms. The zero-order chi connectivity index (χ0) is 12.3. The third kappa shape index (κ3) is 3.29. The molecule has 1 aliphatic rings. The summed E-state index contributed by atoms with van der Waals surface area (Å²) in [5.74, 6) is 1.75. The fourth-order valence-electron chi connectivity index (χ4n) is 2.80. The Hall–Kier alpha value is -0.890. The molecule has 0 radical (unpaired) electrons. The van der Waals surface area contributed by atoms with Gasteiger partial charge in [-0.15, -0.1) is 0 Å². The Kier molecular flexibility index (Phi) is 4.16. The molecule has 1 heterocycles. The Morgan fingerprint density at radius 3 is 2.53 bits per heavy atom. The Morgan fingerprint density at radius 1 is 1.18 bits per heavy atom. The lowest BCUT2D eigenvalue weighted by Gasteiger charge is -2.34. The molecule has 1 fully saturated rings. The number of nitrogens with one attached hydrogen (secondary N) is 1. The smallest absolute Gasteiger partial charge is 0.0295 e. The highest BCUT2D eigenvalue weighted by atomic mass is 14.9. The number of rotatable bonds is 3. The van der Waals surface area contributed by atoms with Crippen molar-refractivity contribution in [3.8, 4) is 0 Å². The molecule has 2 nitrogen and oxygen atoms in total. The first-order valence-electron chi connectivity index (χ1n) is 6.82. The number of hydrogen-bond acceptors (Lipinski definition) is 2. The predicted molar refractivity (Wildman–Crippen MR) is 71.8 cm³/mol. The lowest BCUT2D eigenvalue weighted by atomic mass is 9.79. The lowest BCUT2D eigenvalue weighted by molar-refractivity contribution is 0.217. The maximum absolute atomic E-state index is 4.07. The second kappa shape index (κ2) is 5.63. The third-order valence-corrected chi connectivity index (χ3v) is 4.29. The first-order chi connectivity index (χ1) is 8.16. The molecule has 94 valence electrons. The van der Waals surface area contributed by atoms with Crippen LogP contribution in [-0.2, 0) is 0 Å². The van der Waals surface area contributed by atoms with Gasteiger partial charge in [-0.3, -0.25) is 4.98 Å². The summed E-state index contributed by atoms with van der Waals surface area (Å²) in [7, 11) is 0. The van der Waals surface area contributed by atoms with Gasteiger partial charge in [0, 0.05) is 24.5 Å². The summed E-state index contributed by atoms with van der Waals surface area (Å²) < 4.78 is 0. The van der Waals surface area contributed by atoms with Crippen molar-refractivity contribution in [1.82, 2.24) is 10.3 Å². The van der Waals surface area contributed by atoms with Gasteiger partial charge >= 0.3 is 0 Å². The van der Waals surface area contributed by atoms with Crippen LogP contribution in [0.25, 0.3) is 0 Å². The average molecular weight is 232 g/mol. The van der Waals surface area contributed by atoms with Crippen LogP contribution in [0.1, 0.15) is 51.6 Å². The van der Waals surface area contributed by atoms with Gasteiger partial charge in [0.1, 0.15) is 0 Å². The molecular formula is C15H24N2. The maximum Gasteiger partial charge on any atom is 0.0295 e. The normalized spacial score (nSPS) is 31.1. The highest BCUT2D eigenvalue weighted by molar-refractivity contribution is 5.14. The van der Waals surface area contributed by atoms with Gasteiger partial charge in [0.25, 0.3) is 0 Å². The molecule has 1 saturated carbocycles. The Morgan fingerprint density at radius 2 is 1.88 bits per heavy atom. The molecule has 1 aliphatic carbocycles. The van der Waals surface area contributed by atoms with E-state index in [-0.39, 0.29) is 0 Å². The second-order valence-electron chi connectivity index (χ2n) is 5.63. The van der Waals surface area contributed by atoms with E-state index in [1.807, 2.05) is 12.4 Å². The van der Waals surface area contributed by atoms with Gasteiger partial charge < -0.3 is 5.32 Å². The second-order valence-corrected chi connectivity index (χ2v) is 5.63. The molecule has 2 rings (SSSR count). The fraction of sp³-hybridized carbons (Fsp3) is 0.667. The minimum absolute atomic E-state index is 0.434. The van der Waals surface area contributed by atoms with Crippen molar-refractivity contribution in [1.29, 1.82) is 0 Å². The van der Waals surface area contributed by atoms with E-state index in [4.69, 9.17) is 0 Å². The standard InChI is InChI=1S/C15H24N2/c1-11-4-5-15(10-12(11)2)17-13(3)14-6-8-16-9-7-14/h6-9,11-13,15,17H,4-5,10H2,1-3H3/t11?,12?,13-,15?/m0/s1. The van der Waals surface area contributed by atoms with Crippen molar-refractivity contribution in [3.63, 3.8) is 0 Å². The summed E-state index contributed by atoms with van der Waals surface area (Å²) in [6.45, 7) is 7.01. The van der Waals surface area contributed by atoms with Gasteiger partial charge in [-0.25, -0.2) is 0 Å². The molecule has 0 amide bonds. The van der Waals surface area contributed by atoms with E-state index in [1.165, 1.54) is 24.8 Å². The number of aromatic nitrogens is 1. The molecule has 3 unspecified atom stereocenters. The SMILES string of the molecule is CC1CCC(N[C@@H](C)c2ccncc2)CC1C. The predicted octanol–water partition coefficient (Wildman–Crippen LogP) is 3.56. The van der Waals surface area contributed by atoms with Gasteiger partial charge in [0.05, 0.1) is 0 Å². The zero-order valence-electron chi connectivity index (χ0n) is 11.2. The monoisotopic (exact) mass is 232 g/mol. The van der Waals surface area contributed by atoms with Crippen molar-refractivity contribution in [2.75, 3.05) is 0 Å². The fourth-order valence-corrected chi connectivity index (χ4v) is 2.80. The molecule has 0 spiro atoms. The summed E-state index contributed by atoms with van der Waals surface area (Å²) in [5, 5.41) is 3.76. The molecule has 4 atom stereocenters. The average Bonchev–Trinajstić information content (AvgIpc) is 2.35. The van der Waals surface area contributed by atoms with Crippen molar-refractivity contribution in [3.05, 3.63) is 30.1 Å². The Balaban J connectivity index is 1.89. The van der Waals surface area contributed by atoms with E-state index in [0.29, 0.717) is 12.1 Å². The van der Waals surface area contributed by atoms with Gasteiger partial charge in [-0.2, -0.15) is 0 Å². The third-order valence-electron chi connectivity index (χ3n) is 4.29. The highest BCUT2D eigenvalue weighted by Crippen LogP contribution is 2.30. The Labute approximate surface area is 105 Å². The summed E-state index contributed by atoms with van der Waals surface area (Å²) in [6.07, 6.45) is 7.75. The van der Waals surface area contributed by atoms with E-state index >= 15 is 0 Å². The van der Waals surface area contributed by atoms with Crippen molar-refractivity contribution in [2.24, 2.45) is 11.8 Å². The number of pyridine rings is 1. The van der Waals surface area contributed by atoms with Crippen LogP contribution in [0.3, 0.4) is 0 Å². The van der Waals surface area contributed by atoms with Crippen molar-refractivity contribution in [2.45, 2.75) is 52.1 Å². The van der Waals surface area contributed by atoms with Crippen LogP contribution in [0.4, 0.5) is 0 Å². The van der Waals surface area contributed by atoms with Gasteiger partial charge in [0.2, 0.25) is 0 Å². The number of nitrogens with zero attached hydrogens (tertiary/aromatic N) is 1. The largest absolute Gasteiger partial charge is 0.307 e. The van der Waals surface area contributed by atoms with Crippen LogP contribution >= 0.6 is 0 Å². The molecule has 0 saturated heterocycles. The molecule has 0 bridgehead atoms. The van der Waals surface area contributed by atoms with Crippen LogP contribution in [-0.4, -0.2) is 11.0 Å². The quantitative estimate of drug-likeness (QED) is 0.862. The molecular weight excluding hydrogens is 208 g/mol. The van der Waals surface area contributed by atoms with E-state index in [1.54, 1.807) is 0 Å². The van der Waals surface area contributed by atoms with Crippen LogP contribution in [0.5, 0.6) is 0 Å². The summed E-state index contributed by atoms with van der Waals surface area (Å²) in [4.78, 5) is 4.07. The molecule has 1 aromatic heterocycles. The van der Waals surface area contributed by atoms with Crippen molar-refractivity contribution >= 4 is 0 Å². The molecule has 2 heteroatoms. The molecule has 1 N–H and O–H groups in total. The highest BCUT2D eigenvalue weighted by Gasteiger charge is 2.25. The topological polar surface area (TPSA) is 24.9 Å². The molecule has 1 aromatic rings. The molecule has 0 aromatic carbocycles. The van der Waals surface area contributed by atoms with Crippen LogP contribution in [0.15, 0.2) is 24.5 Å². The Bertz CT molecular complexity index is 336. The van der Waals surface area contributed by atoms with Crippen LogP contribution in [0, 0.1) is 11.8 Å². The van der Waals surface area contributed by atoms with Gasteiger partial charge in [-0.1, -0.05) is 13.8 Å². The van der Waals surface area contributed by atoms with E-state index in [2.05, 4.69) is 43.2 Å². The minimum atomic E-state index is 0.434. The maximum atomic E-state index is 4.07. The van der Waals surface area contributed by atoms with E-state index in [9.17, 15) is 0 Å². The summed E-state index contributed by atoms with van der Waals surface area (Å²) >= 11 is 0. The minimum Gasteiger partial charge on any atom is -0.307 e. The lowest BCUT2D eigenvalue weighted by Crippen LogP contribution is -2.37. The number of hydrogen-bond donors (Lipinski definition) is 1. The summed E-state index contributed by atoms with van der Waals surface area (Å²) in [5.41, 5.74) is 1.34. The van der Waals surface area contributed by atoms with Gasteiger partial charge in [0.15, 0.2) is 0 Å². The van der Waals surface area contributed by atoms with E-state index < -0.39 is 0 Å². The van der Waals surface area contributed by atoms with E-state index in [0.717, 1.165) is 11.8 Å². The van der Waals surface area contributed by atoms with Crippen molar-refractivity contribution < 1.29 is 0 Å². The molecule has 0 aliphatic heterocycles.